The summed E-state index contributed by atoms with van der Waals surface area (Å²) in [6.07, 6.45) is 3.85. The molecular formula is C22H23N5O. The van der Waals surface area contributed by atoms with Gasteiger partial charge in [0, 0.05) is 49.4 Å². The SMILES string of the molecule is CN(Cc1ccn[nH]1)Cc1cn(C)nc1-c1ccc(Oc2ccccc2)cc1. The van der Waals surface area contributed by atoms with Gasteiger partial charge in [-0.3, -0.25) is 14.7 Å². The first-order valence-corrected chi connectivity index (χ1v) is 9.20. The highest BCUT2D eigenvalue weighted by atomic mass is 16.5. The summed E-state index contributed by atoms with van der Waals surface area (Å²) < 4.78 is 7.75. The van der Waals surface area contributed by atoms with E-state index in [0.29, 0.717) is 0 Å². The van der Waals surface area contributed by atoms with Crippen LogP contribution in [-0.4, -0.2) is 31.9 Å². The normalized spacial score (nSPS) is 11.1. The zero-order chi connectivity index (χ0) is 19.3. The molecule has 0 atom stereocenters. The van der Waals surface area contributed by atoms with Crippen molar-refractivity contribution in [1.29, 1.82) is 0 Å². The maximum absolute atomic E-state index is 5.88. The highest BCUT2D eigenvalue weighted by molar-refractivity contribution is 5.63. The van der Waals surface area contributed by atoms with Crippen LogP contribution >= 0.6 is 0 Å². The van der Waals surface area contributed by atoms with Crippen LogP contribution in [0.5, 0.6) is 11.5 Å². The van der Waals surface area contributed by atoms with Gasteiger partial charge in [0.05, 0.1) is 5.69 Å². The van der Waals surface area contributed by atoms with Gasteiger partial charge in [0.2, 0.25) is 0 Å². The van der Waals surface area contributed by atoms with E-state index in [9.17, 15) is 0 Å². The third kappa shape index (κ3) is 4.29. The predicted molar refractivity (Wildman–Crippen MR) is 109 cm³/mol. The fraction of sp³-hybridized carbons (Fsp3) is 0.182. The fourth-order valence-electron chi connectivity index (χ4n) is 3.21. The van der Waals surface area contributed by atoms with Crippen LogP contribution in [-0.2, 0) is 20.1 Å². The molecule has 2 heterocycles. The summed E-state index contributed by atoms with van der Waals surface area (Å²) in [5.74, 6) is 1.64. The summed E-state index contributed by atoms with van der Waals surface area (Å²) in [4.78, 5) is 2.24. The molecule has 4 rings (SSSR count). The van der Waals surface area contributed by atoms with Gasteiger partial charge in [-0.2, -0.15) is 10.2 Å². The average Bonchev–Trinajstić information content (AvgIpc) is 3.33. The third-order valence-corrected chi connectivity index (χ3v) is 4.45. The van der Waals surface area contributed by atoms with Crippen molar-refractivity contribution < 1.29 is 4.74 Å². The molecule has 2 aromatic carbocycles. The first kappa shape index (κ1) is 18.0. The molecule has 0 radical (unpaired) electrons. The van der Waals surface area contributed by atoms with Crippen LogP contribution in [0, 0.1) is 0 Å². The van der Waals surface area contributed by atoms with Gasteiger partial charge in [0.15, 0.2) is 0 Å². The zero-order valence-corrected chi connectivity index (χ0v) is 16.0. The van der Waals surface area contributed by atoms with Gasteiger partial charge in [-0.25, -0.2) is 0 Å². The Bertz CT molecular complexity index is 1010. The molecule has 2 aromatic heterocycles. The topological polar surface area (TPSA) is 59.0 Å². The summed E-state index contributed by atoms with van der Waals surface area (Å²) in [6.45, 7) is 1.60. The molecule has 0 aliphatic carbocycles. The first-order valence-electron chi connectivity index (χ1n) is 9.20. The Kier molecular flexibility index (Phi) is 5.21. The minimum Gasteiger partial charge on any atom is -0.457 e. The second-order valence-corrected chi connectivity index (χ2v) is 6.87. The Hall–Kier alpha value is -3.38. The van der Waals surface area contributed by atoms with Crippen LogP contribution in [0.2, 0.25) is 0 Å². The summed E-state index contributed by atoms with van der Waals surface area (Å²) in [5.41, 5.74) is 4.34. The van der Waals surface area contributed by atoms with Gasteiger partial charge in [0.1, 0.15) is 11.5 Å². The van der Waals surface area contributed by atoms with E-state index in [1.165, 1.54) is 5.56 Å². The first-order chi connectivity index (χ1) is 13.7. The minimum atomic E-state index is 0.796. The van der Waals surface area contributed by atoms with Gasteiger partial charge in [0.25, 0.3) is 0 Å². The van der Waals surface area contributed by atoms with Crippen LogP contribution in [0.4, 0.5) is 0 Å². The van der Waals surface area contributed by atoms with Crippen molar-refractivity contribution in [3.8, 4) is 22.8 Å². The molecule has 6 heteroatoms. The molecule has 0 fully saturated rings. The molecule has 0 saturated carbocycles. The summed E-state index contributed by atoms with van der Waals surface area (Å²) >= 11 is 0. The van der Waals surface area contributed by atoms with Crippen LogP contribution in [0.25, 0.3) is 11.3 Å². The smallest absolute Gasteiger partial charge is 0.127 e. The van der Waals surface area contributed by atoms with Gasteiger partial charge in [-0.15, -0.1) is 0 Å². The quantitative estimate of drug-likeness (QED) is 0.527. The standard InChI is InChI=1S/C22H23N5O/c1-26(16-19-12-13-23-24-19)14-18-15-27(2)25-22(18)17-8-10-21(11-9-17)28-20-6-4-3-5-7-20/h3-13,15H,14,16H2,1-2H3,(H,23,24). The molecule has 0 saturated heterocycles. The molecule has 142 valence electrons. The molecule has 0 bridgehead atoms. The predicted octanol–water partition coefficient (Wildman–Crippen LogP) is 4.23. The Morgan fingerprint density at radius 3 is 2.43 bits per heavy atom. The largest absolute Gasteiger partial charge is 0.457 e. The number of hydrogen-bond acceptors (Lipinski definition) is 4. The third-order valence-electron chi connectivity index (χ3n) is 4.45. The Balaban J connectivity index is 1.49. The molecule has 0 aliphatic rings. The summed E-state index contributed by atoms with van der Waals surface area (Å²) in [7, 11) is 4.04. The van der Waals surface area contributed by atoms with E-state index in [4.69, 9.17) is 4.74 Å². The number of hydrogen-bond donors (Lipinski definition) is 1. The van der Waals surface area contributed by atoms with Gasteiger partial charge < -0.3 is 4.74 Å². The highest BCUT2D eigenvalue weighted by Gasteiger charge is 2.13. The number of H-pyrrole nitrogens is 1. The van der Waals surface area contributed by atoms with Gasteiger partial charge in [-0.1, -0.05) is 18.2 Å². The minimum absolute atomic E-state index is 0.796. The number of nitrogens with one attached hydrogen (secondary N) is 1. The number of nitrogens with zero attached hydrogens (tertiary/aromatic N) is 4. The lowest BCUT2D eigenvalue weighted by Crippen LogP contribution is -2.17. The molecular weight excluding hydrogens is 350 g/mol. The average molecular weight is 373 g/mol. The lowest BCUT2D eigenvalue weighted by Gasteiger charge is -2.15. The highest BCUT2D eigenvalue weighted by Crippen LogP contribution is 2.27. The number of aryl methyl sites for hydroxylation is 1. The van der Waals surface area contributed by atoms with Crippen molar-refractivity contribution >= 4 is 0 Å². The van der Waals surface area contributed by atoms with Crippen LogP contribution in [0.3, 0.4) is 0 Å². The Labute approximate surface area is 164 Å². The van der Waals surface area contributed by atoms with E-state index < -0.39 is 0 Å². The molecule has 0 amide bonds. The zero-order valence-electron chi connectivity index (χ0n) is 16.0. The molecule has 28 heavy (non-hydrogen) atoms. The lowest BCUT2D eigenvalue weighted by atomic mass is 10.1. The maximum atomic E-state index is 5.88. The Morgan fingerprint density at radius 1 is 0.964 bits per heavy atom. The number of aromatic amines is 1. The maximum Gasteiger partial charge on any atom is 0.127 e. The fourth-order valence-corrected chi connectivity index (χ4v) is 3.21. The van der Waals surface area contributed by atoms with Crippen molar-refractivity contribution in [3.05, 3.63) is 84.3 Å². The number of aromatic nitrogens is 4. The van der Waals surface area contributed by atoms with E-state index in [0.717, 1.165) is 41.5 Å². The van der Waals surface area contributed by atoms with E-state index in [1.54, 1.807) is 6.20 Å². The second kappa shape index (κ2) is 8.10. The molecule has 0 unspecified atom stereocenters. The number of ether oxygens (including phenoxy) is 1. The second-order valence-electron chi connectivity index (χ2n) is 6.87. The Morgan fingerprint density at radius 2 is 1.71 bits per heavy atom. The van der Waals surface area contributed by atoms with E-state index in [-0.39, 0.29) is 0 Å². The van der Waals surface area contributed by atoms with Crippen molar-refractivity contribution in [1.82, 2.24) is 24.9 Å². The van der Waals surface area contributed by atoms with Crippen LogP contribution in [0.1, 0.15) is 11.3 Å². The molecule has 4 aromatic rings. The molecule has 0 spiro atoms. The van der Waals surface area contributed by atoms with Gasteiger partial charge in [-0.05, 0) is 49.5 Å². The van der Waals surface area contributed by atoms with E-state index in [1.807, 2.05) is 60.3 Å². The summed E-state index contributed by atoms with van der Waals surface area (Å²) in [5, 5.41) is 11.7. The number of benzene rings is 2. The van der Waals surface area contributed by atoms with Crippen molar-refractivity contribution in [2.75, 3.05) is 7.05 Å². The van der Waals surface area contributed by atoms with E-state index in [2.05, 4.69) is 45.6 Å². The van der Waals surface area contributed by atoms with Gasteiger partial charge >= 0.3 is 0 Å². The van der Waals surface area contributed by atoms with Crippen molar-refractivity contribution in [2.45, 2.75) is 13.1 Å². The van der Waals surface area contributed by atoms with Crippen LogP contribution < -0.4 is 4.74 Å². The molecule has 1 N–H and O–H groups in total. The summed E-state index contributed by atoms with van der Waals surface area (Å²) in [6, 6.07) is 19.9. The molecule has 6 nitrogen and oxygen atoms in total. The monoisotopic (exact) mass is 373 g/mol. The molecule has 0 aliphatic heterocycles. The number of rotatable bonds is 7. The van der Waals surface area contributed by atoms with Crippen molar-refractivity contribution in [2.24, 2.45) is 7.05 Å². The number of para-hydroxylation sites is 1. The lowest BCUT2D eigenvalue weighted by molar-refractivity contribution is 0.315. The van der Waals surface area contributed by atoms with Crippen molar-refractivity contribution in [3.63, 3.8) is 0 Å². The van der Waals surface area contributed by atoms with E-state index >= 15 is 0 Å². The van der Waals surface area contributed by atoms with Crippen LogP contribution in [0.15, 0.2) is 73.1 Å².